The van der Waals surface area contributed by atoms with E-state index in [1.807, 2.05) is 6.92 Å². The number of imide groups is 1. The average molecular weight is 442 g/mol. The van der Waals surface area contributed by atoms with Crippen LogP contribution in [0.25, 0.3) is 0 Å². The van der Waals surface area contributed by atoms with Gasteiger partial charge in [-0.2, -0.15) is 0 Å². The summed E-state index contributed by atoms with van der Waals surface area (Å²) in [7, 11) is -4.05. The Labute approximate surface area is 174 Å². The van der Waals surface area contributed by atoms with Crippen LogP contribution in [0.1, 0.15) is 43.0 Å². The highest BCUT2D eigenvalue weighted by molar-refractivity contribution is 7.91. The van der Waals surface area contributed by atoms with Crippen LogP contribution in [-0.4, -0.2) is 36.4 Å². The number of fused-ring (bicyclic) bond motifs is 1. The fraction of sp³-hybridized carbons (Fsp3) is 0.105. The van der Waals surface area contributed by atoms with Crippen molar-refractivity contribution in [2.24, 2.45) is 0 Å². The molecule has 0 N–H and O–H groups in total. The van der Waals surface area contributed by atoms with Gasteiger partial charge < -0.3 is 9.90 Å². The molecule has 0 bridgehead atoms. The molecule has 0 atom stereocenters. The molecule has 0 unspecified atom stereocenters. The summed E-state index contributed by atoms with van der Waals surface area (Å²) in [5.41, 5.74) is -0.150. The van der Waals surface area contributed by atoms with Crippen LogP contribution in [0, 0.1) is 0 Å². The van der Waals surface area contributed by atoms with Crippen molar-refractivity contribution in [1.29, 1.82) is 0 Å². The number of hydrogen-bond acceptors (Lipinski definition) is 9. The number of carboxylic acids is 1. The van der Waals surface area contributed by atoms with Gasteiger partial charge in [0.05, 0.1) is 26.9 Å². The average Bonchev–Trinajstić information content (AvgIpc) is 3.30. The molecule has 11 heteroatoms. The van der Waals surface area contributed by atoms with Gasteiger partial charge in [0.15, 0.2) is 0 Å². The summed E-state index contributed by atoms with van der Waals surface area (Å²) < 4.78 is 25.8. The molecule has 0 aliphatic carbocycles. The Kier molecular flexibility index (Phi) is 4.71. The molecule has 0 radical (unpaired) electrons. The van der Waals surface area contributed by atoms with E-state index in [1.165, 1.54) is 12.1 Å². The Bertz CT molecular complexity index is 1310. The van der Waals surface area contributed by atoms with E-state index >= 15 is 0 Å². The van der Waals surface area contributed by atoms with Gasteiger partial charge in [0.2, 0.25) is 15.0 Å². The van der Waals surface area contributed by atoms with Gasteiger partial charge in [0.25, 0.3) is 11.8 Å². The highest BCUT2D eigenvalue weighted by Gasteiger charge is 2.39. The van der Waals surface area contributed by atoms with E-state index in [4.69, 9.17) is 0 Å². The van der Waals surface area contributed by atoms with Gasteiger partial charge in [-0.3, -0.25) is 9.59 Å². The molecule has 9 nitrogen and oxygen atoms in total. The topological polar surface area (TPSA) is 137 Å². The van der Waals surface area contributed by atoms with E-state index in [1.54, 1.807) is 0 Å². The van der Waals surface area contributed by atoms with Gasteiger partial charge in [0, 0.05) is 0 Å². The Morgan fingerprint density at radius 3 is 2.23 bits per heavy atom. The first-order valence-corrected chi connectivity index (χ1v) is 11.0. The SMILES string of the molecule is CCc1nnc(N2C(=O)c3ccc(S(=O)(=O)c4ccc(C(=O)[O-])cc4)cc3C2=O)s1. The van der Waals surface area contributed by atoms with E-state index in [2.05, 4.69) is 10.2 Å². The molecule has 1 aliphatic heterocycles. The van der Waals surface area contributed by atoms with Gasteiger partial charge in [-0.1, -0.05) is 30.4 Å². The zero-order valence-electron chi connectivity index (χ0n) is 15.4. The molecular formula is C19H12N3O6S2-. The second kappa shape index (κ2) is 7.11. The number of rotatable bonds is 5. The maximum atomic E-state index is 12.9. The maximum absolute atomic E-state index is 12.9. The molecule has 4 rings (SSSR count). The number of carbonyl (C=O) groups is 3. The van der Waals surface area contributed by atoms with Crippen molar-refractivity contribution in [3.05, 3.63) is 64.2 Å². The van der Waals surface area contributed by atoms with Gasteiger partial charge in [-0.05, 0) is 42.3 Å². The second-order valence-electron chi connectivity index (χ2n) is 6.30. The number of carbonyl (C=O) groups excluding carboxylic acids is 3. The predicted molar refractivity (Wildman–Crippen MR) is 103 cm³/mol. The molecular weight excluding hydrogens is 430 g/mol. The van der Waals surface area contributed by atoms with Gasteiger partial charge in [-0.15, -0.1) is 10.2 Å². The third-order valence-electron chi connectivity index (χ3n) is 4.52. The zero-order valence-corrected chi connectivity index (χ0v) is 17.0. The number of benzene rings is 2. The first-order chi connectivity index (χ1) is 14.2. The van der Waals surface area contributed by atoms with E-state index in [0.717, 1.165) is 46.6 Å². The third kappa shape index (κ3) is 3.08. The van der Waals surface area contributed by atoms with Crippen molar-refractivity contribution in [3.8, 4) is 0 Å². The Morgan fingerprint density at radius 1 is 1.00 bits per heavy atom. The quantitative estimate of drug-likeness (QED) is 0.536. The largest absolute Gasteiger partial charge is 0.545 e. The standard InChI is InChI=1S/C19H13N3O6S2/c1-2-15-20-21-19(29-15)22-16(23)13-8-7-12(9-14(13)17(22)24)30(27,28)11-5-3-10(4-6-11)18(25)26/h3-9H,2H2,1H3,(H,25,26)/p-1. The summed E-state index contributed by atoms with van der Waals surface area (Å²) in [6.45, 7) is 1.86. The Balaban J connectivity index is 1.72. The summed E-state index contributed by atoms with van der Waals surface area (Å²) in [4.78, 5) is 36.9. The van der Waals surface area contributed by atoms with Crippen LogP contribution in [0.15, 0.2) is 52.3 Å². The normalized spacial score (nSPS) is 13.6. The summed E-state index contributed by atoms with van der Waals surface area (Å²) in [5, 5.41) is 19.4. The van der Waals surface area contributed by atoms with Gasteiger partial charge in [-0.25, -0.2) is 13.3 Å². The van der Waals surface area contributed by atoms with Crippen molar-refractivity contribution in [2.75, 3.05) is 4.90 Å². The van der Waals surface area contributed by atoms with Crippen molar-refractivity contribution in [1.82, 2.24) is 10.2 Å². The predicted octanol–water partition coefficient (Wildman–Crippen LogP) is 1.10. The summed E-state index contributed by atoms with van der Waals surface area (Å²) in [6, 6.07) is 8.16. The van der Waals surface area contributed by atoms with E-state index in [-0.39, 0.29) is 31.6 Å². The van der Waals surface area contributed by atoms with Crippen LogP contribution in [0.5, 0.6) is 0 Å². The molecule has 3 aromatic rings. The summed E-state index contributed by atoms with van der Waals surface area (Å²) in [6.07, 6.45) is 0.597. The minimum absolute atomic E-state index is 0.0549. The zero-order chi connectivity index (χ0) is 21.6. The molecule has 1 aliphatic rings. The highest BCUT2D eigenvalue weighted by Crippen LogP contribution is 2.33. The van der Waals surface area contributed by atoms with Crippen LogP contribution in [-0.2, 0) is 16.3 Å². The molecule has 0 saturated heterocycles. The molecule has 152 valence electrons. The van der Waals surface area contributed by atoms with E-state index in [9.17, 15) is 27.9 Å². The molecule has 2 heterocycles. The lowest BCUT2D eigenvalue weighted by atomic mass is 10.1. The van der Waals surface area contributed by atoms with Crippen LogP contribution in [0.2, 0.25) is 0 Å². The Morgan fingerprint density at radius 2 is 1.63 bits per heavy atom. The van der Waals surface area contributed by atoms with Gasteiger partial charge in [0.1, 0.15) is 5.01 Å². The Hall–Kier alpha value is -3.44. The van der Waals surface area contributed by atoms with Crippen molar-refractivity contribution in [3.63, 3.8) is 0 Å². The number of sulfone groups is 1. The lowest BCUT2D eigenvalue weighted by Gasteiger charge is -2.08. The number of hydrogen-bond donors (Lipinski definition) is 0. The number of aromatic carboxylic acids is 1. The molecule has 0 spiro atoms. The lowest BCUT2D eigenvalue weighted by Crippen LogP contribution is -2.29. The van der Waals surface area contributed by atoms with Crippen LogP contribution in [0.4, 0.5) is 5.13 Å². The summed E-state index contributed by atoms with van der Waals surface area (Å²) in [5.74, 6) is -2.71. The smallest absolute Gasteiger partial charge is 0.268 e. The number of aryl methyl sites for hydroxylation is 1. The van der Waals surface area contributed by atoms with Crippen LogP contribution < -0.4 is 10.0 Å². The monoisotopic (exact) mass is 442 g/mol. The molecule has 0 saturated carbocycles. The van der Waals surface area contributed by atoms with Crippen molar-refractivity contribution >= 4 is 44.1 Å². The molecule has 30 heavy (non-hydrogen) atoms. The summed E-state index contributed by atoms with van der Waals surface area (Å²) >= 11 is 1.11. The number of aromatic nitrogens is 2. The second-order valence-corrected chi connectivity index (χ2v) is 9.29. The third-order valence-corrected chi connectivity index (χ3v) is 7.34. The fourth-order valence-electron chi connectivity index (χ4n) is 2.95. The van der Waals surface area contributed by atoms with Crippen LogP contribution in [0.3, 0.4) is 0 Å². The van der Waals surface area contributed by atoms with Crippen LogP contribution >= 0.6 is 11.3 Å². The maximum Gasteiger partial charge on any atom is 0.268 e. The van der Waals surface area contributed by atoms with E-state index in [0.29, 0.717) is 11.4 Å². The molecule has 1 aromatic heterocycles. The minimum Gasteiger partial charge on any atom is -0.545 e. The van der Waals surface area contributed by atoms with E-state index < -0.39 is 27.6 Å². The number of anilines is 1. The highest BCUT2D eigenvalue weighted by atomic mass is 32.2. The number of amides is 2. The number of carboxylic acid groups (broad SMARTS) is 1. The van der Waals surface area contributed by atoms with Crippen molar-refractivity contribution in [2.45, 2.75) is 23.1 Å². The number of nitrogens with zero attached hydrogens (tertiary/aromatic N) is 3. The molecule has 2 aromatic carbocycles. The lowest BCUT2D eigenvalue weighted by molar-refractivity contribution is -0.255. The van der Waals surface area contributed by atoms with Crippen molar-refractivity contribution < 1.29 is 27.9 Å². The fourth-order valence-corrected chi connectivity index (χ4v) is 5.01. The minimum atomic E-state index is -4.05. The van der Waals surface area contributed by atoms with Gasteiger partial charge >= 0.3 is 0 Å². The molecule has 0 fully saturated rings. The first-order valence-electron chi connectivity index (χ1n) is 8.65. The molecule has 2 amide bonds. The first kappa shape index (κ1) is 19.9.